The Morgan fingerprint density at radius 3 is 2.22 bits per heavy atom. The molecule has 2 heteroatoms. The molecule has 0 bridgehead atoms. The number of hydrogen-bond donors (Lipinski definition) is 1. The van der Waals surface area contributed by atoms with Gasteiger partial charge in [-0.25, -0.2) is 0 Å². The van der Waals surface area contributed by atoms with Gasteiger partial charge in [0.2, 0.25) is 0 Å². The van der Waals surface area contributed by atoms with Crippen molar-refractivity contribution in [2.24, 2.45) is 5.92 Å². The third-order valence-electron chi connectivity index (χ3n) is 0.800. The zero-order valence-corrected chi connectivity index (χ0v) is 6.81. The Balaban J connectivity index is 0. The first-order valence-electron chi connectivity index (χ1n) is 3.35. The zero-order chi connectivity index (χ0) is 6.41. The van der Waals surface area contributed by atoms with Crippen LogP contribution in [0.2, 0.25) is 0 Å². The van der Waals surface area contributed by atoms with Crippen LogP contribution in [0.5, 0.6) is 0 Å². The van der Waals surface area contributed by atoms with Crippen molar-refractivity contribution in [3.63, 3.8) is 0 Å². The average Bonchev–Trinajstić information content (AvgIpc) is 1.66. The summed E-state index contributed by atoms with van der Waals surface area (Å²) in [5.41, 5.74) is 0. The van der Waals surface area contributed by atoms with Crippen LogP contribution in [0, 0.1) is 5.92 Å². The molecule has 0 aromatic heterocycles. The topological polar surface area (TPSA) is 44.2 Å². The van der Waals surface area contributed by atoms with Crippen molar-refractivity contribution >= 4 is 0 Å². The predicted octanol–water partition coefficient (Wildman–Crippen LogP) is 2.23. The summed E-state index contributed by atoms with van der Waals surface area (Å²) in [4.78, 5) is 0. The average molecular weight is 133 g/mol. The normalized spacial score (nSPS) is 9.33. The van der Waals surface area contributed by atoms with Crippen LogP contribution in [-0.2, 0) is 4.74 Å². The van der Waals surface area contributed by atoms with Crippen LogP contribution in [0.15, 0.2) is 0 Å². The molecule has 0 rings (SSSR count). The Hall–Kier alpha value is -0.0800. The second-order valence-corrected chi connectivity index (χ2v) is 2.47. The SMILES string of the molecule is CCCOCC(C)C.N. The van der Waals surface area contributed by atoms with E-state index in [4.69, 9.17) is 4.74 Å². The summed E-state index contributed by atoms with van der Waals surface area (Å²) in [5.74, 6) is 0.682. The van der Waals surface area contributed by atoms with Gasteiger partial charge in [-0.1, -0.05) is 20.8 Å². The van der Waals surface area contributed by atoms with E-state index >= 15 is 0 Å². The Labute approximate surface area is 58.2 Å². The lowest BCUT2D eigenvalue weighted by Gasteiger charge is -2.03. The minimum Gasteiger partial charge on any atom is -0.381 e. The molecule has 0 saturated carbocycles. The molecule has 9 heavy (non-hydrogen) atoms. The number of rotatable bonds is 4. The lowest BCUT2D eigenvalue weighted by Crippen LogP contribution is -2.01. The zero-order valence-electron chi connectivity index (χ0n) is 6.81. The Morgan fingerprint density at radius 1 is 1.33 bits per heavy atom. The maximum atomic E-state index is 5.24. The van der Waals surface area contributed by atoms with Gasteiger partial charge < -0.3 is 10.9 Å². The molecule has 0 aliphatic rings. The van der Waals surface area contributed by atoms with Crippen LogP contribution in [0.4, 0.5) is 0 Å². The van der Waals surface area contributed by atoms with Gasteiger partial charge in [0.05, 0.1) is 0 Å². The van der Waals surface area contributed by atoms with Gasteiger partial charge in [0.15, 0.2) is 0 Å². The molecule has 58 valence electrons. The molecule has 0 fully saturated rings. The van der Waals surface area contributed by atoms with Crippen molar-refractivity contribution in [1.82, 2.24) is 6.15 Å². The van der Waals surface area contributed by atoms with Gasteiger partial charge in [0, 0.05) is 13.2 Å². The van der Waals surface area contributed by atoms with E-state index in [0.717, 1.165) is 19.6 Å². The third kappa shape index (κ3) is 11.5. The largest absolute Gasteiger partial charge is 0.381 e. The van der Waals surface area contributed by atoms with Crippen LogP contribution < -0.4 is 6.15 Å². The summed E-state index contributed by atoms with van der Waals surface area (Å²) in [5, 5.41) is 0. The Morgan fingerprint density at radius 2 is 1.89 bits per heavy atom. The molecule has 0 aliphatic heterocycles. The van der Waals surface area contributed by atoms with Gasteiger partial charge in [-0.05, 0) is 12.3 Å². The molecule has 0 aromatic rings. The second kappa shape index (κ2) is 7.92. The van der Waals surface area contributed by atoms with E-state index in [0.29, 0.717) is 5.92 Å². The summed E-state index contributed by atoms with van der Waals surface area (Å²) < 4.78 is 5.24. The van der Waals surface area contributed by atoms with E-state index < -0.39 is 0 Å². The molecule has 0 saturated heterocycles. The summed E-state index contributed by atoms with van der Waals surface area (Å²) in [6, 6.07) is 0. The lowest BCUT2D eigenvalue weighted by atomic mass is 10.2. The molecule has 0 radical (unpaired) electrons. The first-order chi connectivity index (χ1) is 3.77. The minimum atomic E-state index is 0. The van der Waals surface area contributed by atoms with Crippen LogP contribution in [-0.4, -0.2) is 13.2 Å². The van der Waals surface area contributed by atoms with Crippen molar-refractivity contribution in [3.8, 4) is 0 Å². The molecule has 0 atom stereocenters. The van der Waals surface area contributed by atoms with Crippen LogP contribution in [0.3, 0.4) is 0 Å². The maximum absolute atomic E-state index is 5.24. The van der Waals surface area contributed by atoms with E-state index in [1.165, 1.54) is 0 Å². The van der Waals surface area contributed by atoms with E-state index in [9.17, 15) is 0 Å². The molecule has 0 aliphatic carbocycles. The Bertz CT molecular complexity index is 46.2. The standard InChI is InChI=1S/C7H16O.H3N/c1-4-5-8-6-7(2)3;/h7H,4-6H2,1-3H3;1H3. The second-order valence-electron chi connectivity index (χ2n) is 2.47. The highest BCUT2D eigenvalue weighted by Crippen LogP contribution is 1.92. The third-order valence-corrected chi connectivity index (χ3v) is 0.800. The van der Waals surface area contributed by atoms with Crippen LogP contribution in [0.25, 0.3) is 0 Å². The molecule has 0 aromatic carbocycles. The van der Waals surface area contributed by atoms with Gasteiger partial charge in [-0.2, -0.15) is 0 Å². The van der Waals surface area contributed by atoms with Crippen LogP contribution in [0.1, 0.15) is 27.2 Å². The highest BCUT2D eigenvalue weighted by Gasteiger charge is 1.89. The van der Waals surface area contributed by atoms with Crippen LogP contribution >= 0.6 is 0 Å². The van der Waals surface area contributed by atoms with Gasteiger partial charge in [-0.15, -0.1) is 0 Å². The van der Waals surface area contributed by atoms with Gasteiger partial charge in [-0.3, -0.25) is 0 Å². The van der Waals surface area contributed by atoms with Crippen molar-refractivity contribution in [2.45, 2.75) is 27.2 Å². The summed E-state index contributed by atoms with van der Waals surface area (Å²) in [6.45, 7) is 8.28. The van der Waals surface area contributed by atoms with Crippen molar-refractivity contribution < 1.29 is 4.74 Å². The predicted molar refractivity (Wildman–Crippen MR) is 41.0 cm³/mol. The molecular weight excluding hydrogens is 114 g/mol. The molecule has 3 N–H and O–H groups in total. The summed E-state index contributed by atoms with van der Waals surface area (Å²) in [7, 11) is 0. The summed E-state index contributed by atoms with van der Waals surface area (Å²) in [6.07, 6.45) is 1.13. The molecule has 2 nitrogen and oxygen atoms in total. The molecule has 0 unspecified atom stereocenters. The number of hydrogen-bond acceptors (Lipinski definition) is 2. The van der Waals surface area contributed by atoms with E-state index in [2.05, 4.69) is 20.8 Å². The van der Waals surface area contributed by atoms with Crippen molar-refractivity contribution in [1.29, 1.82) is 0 Å². The smallest absolute Gasteiger partial charge is 0.0488 e. The van der Waals surface area contributed by atoms with Gasteiger partial charge in [0.1, 0.15) is 0 Å². The summed E-state index contributed by atoms with van der Waals surface area (Å²) >= 11 is 0. The fourth-order valence-electron chi connectivity index (χ4n) is 0.463. The Kier molecular flexibility index (Phi) is 10.3. The molecule has 0 heterocycles. The van der Waals surface area contributed by atoms with Gasteiger partial charge >= 0.3 is 0 Å². The quantitative estimate of drug-likeness (QED) is 0.598. The van der Waals surface area contributed by atoms with E-state index in [-0.39, 0.29) is 6.15 Å². The highest BCUT2D eigenvalue weighted by atomic mass is 16.5. The first kappa shape index (κ1) is 11.7. The van der Waals surface area contributed by atoms with E-state index in [1.54, 1.807) is 0 Å². The van der Waals surface area contributed by atoms with Gasteiger partial charge in [0.25, 0.3) is 0 Å². The molecule has 0 spiro atoms. The highest BCUT2D eigenvalue weighted by molar-refractivity contribution is 4.38. The van der Waals surface area contributed by atoms with Crippen molar-refractivity contribution in [3.05, 3.63) is 0 Å². The first-order valence-corrected chi connectivity index (χ1v) is 3.35. The maximum Gasteiger partial charge on any atom is 0.0488 e. The monoisotopic (exact) mass is 133 g/mol. The van der Waals surface area contributed by atoms with Crippen molar-refractivity contribution in [2.75, 3.05) is 13.2 Å². The lowest BCUT2D eigenvalue weighted by molar-refractivity contribution is 0.110. The fourth-order valence-corrected chi connectivity index (χ4v) is 0.463. The fraction of sp³-hybridized carbons (Fsp3) is 1.00. The molecule has 0 amide bonds. The minimum absolute atomic E-state index is 0. The van der Waals surface area contributed by atoms with E-state index in [1.807, 2.05) is 0 Å². The molecular formula is C7H19NO. The number of ether oxygens (including phenoxy) is 1.